The van der Waals surface area contributed by atoms with E-state index in [1.807, 2.05) is 0 Å². The first-order valence-corrected chi connectivity index (χ1v) is 12.1. The highest BCUT2D eigenvalue weighted by Crippen LogP contribution is 2.34. The number of benzene rings is 1. The van der Waals surface area contributed by atoms with Crippen LogP contribution < -0.4 is 10.9 Å². The second kappa shape index (κ2) is 8.63. The molecule has 1 fully saturated rings. The van der Waals surface area contributed by atoms with Gasteiger partial charge in [0.05, 0.1) is 23.8 Å². The summed E-state index contributed by atoms with van der Waals surface area (Å²) in [6, 6.07) is 6.16. The highest BCUT2D eigenvalue weighted by atomic mass is 32.1. The maximum Gasteiger partial charge on any atom is 0.416 e. The number of alkyl halides is 3. The predicted octanol–water partition coefficient (Wildman–Crippen LogP) is 5.30. The number of thiophene rings is 1. The summed E-state index contributed by atoms with van der Waals surface area (Å²) in [5, 5.41) is 4.48. The summed E-state index contributed by atoms with van der Waals surface area (Å²) in [6.07, 6.45) is 6.24. The van der Waals surface area contributed by atoms with Crippen LogP contribution in [0.15, 0.2) is 35.4 Å². The molecule has 3 aromatic rings. The van der Waals surface area contributed by atoms with Crippen LogP contribution in [-0.4, -0.2) is 21.6 Å². The Bertz CT molecular complexity index is 1180. The quantitative estimate of drug-likeness (QED) is 0.573. The maximum absolute atomic E-state index is 13.2. The molecule has 0 saturated heterocycles. The average Bonchev–Trinajstić information content (AvgIpc) is 3.14. The predicted molar refractivity (Wildman–Crippen MR) is 120 cm³/mol. The van der Waals surface area contributed by atoms with Crippen molar-refractivity contribution in [1.29, 1.82) is 0 Å². The van der Waals surface area contributed by atoms with Crippen LogP contribution in [-0.2, 0) is 25.6 Å². The first-order valence-electron chi connectivity index (χ1n) is 11.3. The molecule has 2 heterocycles. The standard InChI is InChI=1S/C24H26F3N3OS/c25-24(26,27)16-6-4-5-15(11-16)13-30-14-28-22-21(23(30)31)19-10-9-18(12-20(19)32-22)29-17-7-2-1-3-8-17/h4-6,11,14,17-18,29H,1-3,7-10,12-13H2/t18-/m0/s1. The molecule has 4 nitrogen and oxygen atoms in total. The number of nitrogens with one attached hydrogen (secondary N) is 1. The third-order valence-corrected chi connectivity index (χ3v) is 7.88. The molecule has 0 spiro atoms. The number of hydrogen-bond acceptors (Lipinski definition) is 4. The minimum absolute atomic E-state index is 0.0716. The fraction of sp³-hybridized carbons (Fsp3) is 0.500. The maximum atomic E-state index is 13.2. The molecule has 1 aromatic carbocycles. The molecule has 5 rings (SSSR count). The van der Waals surface area contributed by atoms with Gasteiger partial charge in [-0.2, -0.15) is 13.2 Å². The minimum Gasteiger partial charge on any atom is -0.311 e. The molecule has 1 atom stereocenters. The zero-order chi connectivity index (χ0) is 22.3. The minimum atomic E-state index is -4.40. The van der Waals surface area contributed by atoms with Gasteiger partial charge in [-0.25, -0.2) is 4.98 Å². The van der Waals surface area contributed by atoms with Crippen molar-refractivity contribution < 1.29 is 13.2 Å². The van der Waals surface area contributed by atoms with E-state index in [-0.39, 0.29) is 12.1 Å². The largest absolute Gasteiger partial charge is 0.416 e. The van der Waals surface area contributed by atoms with Crippen molar-refractivity contribution >= 4 is 21.6 Å². The lowest BCUT2D eigenvalue weighted by molar-refractivity contribution is -0.137. The average molecular weight is 462 g/mol. The van der Waals surface area contributed by atoms with Crippen molar-refractivity contribution in [3.8, 4) is 0 Å². The molecule has 32 heavy (non-hydrogen) atoms. The van der Waals surface area contributed by atoms with E-state index in [4.69, 9.17) is 0 Å². The van der Waals surface area contributed by atoms with Gasteiger partial charge in [0.15, 0.2) is 0 Å². The van der Waals surface area contributed by atoms with Crippen LogP contribution >= 0.6 is 11.3 Å². The van der Waals surface area contributed by atoms with E-state index in [1.54, 1.807) is 17.4 Å². The molecule has 0 aliphatic heterocycles. The van der Waals surface area contributed by atoms with Crippen molar-refractivity contribution in [3.63, 3.8) is 0 Å². The van der Waals surface area contributed by atoms with Gasteiger partial charge in [0, 0.05) is 17.0 Å². The Hall–Kier alpha value is -2.19. The van der Waals surface area contributed by atoms with E-state index in [1.165, 1.54) is 53.9 Å². The lowest BCUT2D eigenvalue weighted by atomic mass is 9.90. The van der Waals surface area contributed by atoms with E-state index in [0.717, 1.165) is 41.8 Å². The van der Waals surface area contributed by atoms with Crippen LogP contribution in [0.25, 0.3) is 10.2 Å². The summed E-state index contributed by atoms with van der Waals surface area (Å²) in [5.41, 5.74) is 0.650. The summed E-state index contributed by atoms with van der Waals surface area (Å²) in [5.74, 6) is 0. The van der Waals surface area contributed by atoms with E-state index in [0.29, 0.717) is 23.0 Å². The van der Waals surface area contributed by atoms with Crippen LogP contribution in [0.4, 0.5) is 13.2 Å². The van der Waals surface area contributed by atoms with Crippen LogP contribution in [0.2, 0.25) is 0 Å². The third-order valence-electron chi connectivity index (χ3n) is 6.72. The summed E-state index contributed by atoms with van der Waals surface area (Å²) in [7, 11) is 0. The lowest BCUT2D eigenvalue weighted by Crippen LogP contribution is -2.42. The zero-order valence-corrected chi connectivity index (χ0v) is 18.6. The van der Waals surface area contributed by atoms with Gasteiger partial charge < -0.3 is 5.32 Å². The fourth-order valence-electron chi connectivity index (χ4n) is 5.10. The molecule has 2 aliphatic carbocycles. The highest BCUT2D eigenvalue weighted by Gasteiger charge is 2.30. The topological polar surface area (TPSA) is 46.9 Å². The molecule has 1 N–H and O–H groups in total. The van der Waals surface area contributed by atoms with E-state index in [2.05, 4.69) is 10.3 Å². The molecule has 2 aromatic heterocycles. The second-order valence-electron chi connectivity index (χ2n) is 9.00. The van der Waals surface area contributed by atoms with Gasteiger partial charge >= 0.3 is 6.18 Å². The Balaban J connectivity index is 1.39. The second-order valence-corrected chi connectivity index (χ2v) is 10.1. The van der Waals surface area contributed by atoms with Gasteiger partial charge in [0.1, 0.15) is 4.83 Å². The van der Waals surface area contributed by atoms with Crippen LogP contribution in [0, 0.1) is 0 Å². The molecule has 0 bridgehead atoms. The number of aromatic nitrogens is 2. The number of fused-ring (bicyclic) bond motifs is 3. The van der Waals surface area contributed by atoms with E-state index < -0.39 is 11.7 Å². The Morgan fingerprint density at radius 2 is 1.94 bits per heavy atom. The highest BCUT2D eigenvalue weighted by molar-refractivity contribution is 7.18. The summed E-state index contributed by atoms with van der Waals surface area (Å²) in [6.45, 7) is 0.0716. The van der Waals surface area contributed by atoms with Crippen molar-refractivity contribution in [2.24, 2.45) is 0 Å². The number of hydrogen-bond donors (Lipinski definition) is 1. The molecule has 0 radical (unpaired) electrons. The number of rotatable bonds is 4. The number of nitrogens with zero attached hydrogens (tertiary/aromatic N) is 2. The van der Waals surface area contributed by atoms with Gasteiger partial charge in [0.25, 0.3) is 5.56 Å². The summed E-state index contributed by atoms with van der Waals surface area (Å²) >= 11 is 1.59. The molecule has 170 valence electrons. The van der Waals surface area contributed by atoms with Crippen molar-refractivity contribution in [3.05, 3.63) is 62.5 Å². The van der Waals surface area contributed by atoms with Crippen LogP contribution in [0.1, 0.15) is 60.1 Å². The molecular weight excluding hydrogens is 435 g/mol. The van der Waals surface area contributed by atoms with Crippen LogP contribution in [0.5, 0.6) is 0 Å². The summed E-state index contributed by atoms with van der Waals surface area (Å²) < 4.78 is 40.5. The lowest BCUT2D eigenvalue weighted by Gasteiger charge is -2.30. The Labute approximate surface area is 188 Å². The Morgan fingerprint density at radius 3 is 2.72 bits per heavy atom. The first kappa shape index (κ1) is 21.6. The Kier molecular flexibility index (Phi) is 5.84. The zero-order valence-electron chi connectivity index (χ0n) is 17.8. The van der Waals surface area contributed by atoms with Gasteiger partial charge in [-0.1, -0.05) is 31.4 Å². The summed E-state index contributed by atoms with van der Waals surface area (Å²) in [4.78, 5) is 19.7. The van der Waals surface area contributed by atoms with Crippen molar-refractivity contribution in [1.82, 2.24) is 14.9 Å². The van der Waals surface area contributed by atoms with Crippen molar-refractivity contribution in [2.45, 2.75) is 76.2 Å². The molecule has 8 heteroatoms. The molecule has 0 amide bonds. The van der Waals surface area contributed by atoms with Gasteiger partial charge in [-0.05, 0) is 55.4 Å². The van der Waals surface area contributed by atoms with Gasteiger partial charge in [-0.15, -0.1) is 11.3 Å². The van der Waals surface area contributed by atoms with E-state index in [9.17, 15) is 18.0 Å². The molecular formula is C24H26F3N3OS. The SMILES string of the molecule is O=c1c2c3c(sc2ncn1Cc1cccc(C(F)(F)F)c1)C[C@@H](NC1CCCCC1)CC3. The van der Waals surface area contributed by atoms with Gasteiger partial charge in [0.2, 0.25) is 0 Å². The molecule has 0 unspecified atom stereocenters. The van der Waals surface area contributed by atoms with Gasteiger partial charge in [-0.3, -0.25) is 9.36 Å². The molecule has 1 saturated carbocycles. The number of aryl methyl sites for hydroxylation is 1. The van der Waals surface area contributed by atoms with Crippen LogP contribution in [0.3, 0.4) is 0 Å². The monoisotopic (exact) mass is 461 g/mol. The first-order chi connectivity index (χ1) is 15.4. The fourth-order valence-corrected chi connectivity index (χ4v) is 6.36. The Morgan fingerprint density at radius 1 is 1.12 bits per heavy atom. The smallest absolute Gasteiger partial charge is 0.311 e. The van der Waals surface area contributed by atoms with Crippen molar-refractivity contribution in [2.75, 3.05) is 0 Å². The molecule has 2 aliphatic rings. The van der Waals surface area contributed by atoms with E-state index >= 15 is 0 Å². The number of halogens is 3. The normalized spacial score (nSPS) is 19.9. The third kappa shape index (κ3) is 4.35.